The van der Waals surface area contributed by atoms with Gasteiger partial charge in [-0.05, 0) is 60.5 Å². The molecule has 28 heavy (non-hydrogen) atoms. The van der Waals surface area contributed by atoms with E-state index in [0.717, 1.165) is 23.4 Å². The zero-order valence-corrected chi connectivity index (χ0v) is 16.4. The number of nitrogens with zero attached hydrogens (tertiary/aromatic N) is 1. The molecule has 0 aliphatic heterocycles. The van der Waals surface area contributed by atoms with Crippen LogP contribution in [0.25, 0.3) is 0 Å². The highest BCUT2D eigenvalue weighted by Crippen LogP contribution is 2.21. The molecule has 0 saturated heterocycles. The van der Waals surface area contributed by atoms with Crippen molar-refractivity contribution < 1.29 is 9.53 Å². The number of carbonyl (C=O) groups is 1. The topological polar surface area (TPSA) is 63.2 Å². The van der Waals surface area contributed by atoms with Gasteiger partial charge in [-0.25, -0.2) is 4.98 Å². The van der Waals surface area contributed by atoms with Gasteiger partial charge in [0.05, 0.1) is 11.9 Å². The van der Waals surface area contributed by atoms with Crippen molar-refractivity contribution in [1.29, 1.82) is 0 Å². The summed E-state index contributed by atoms with van der Waals surface area (Å²) in [6.07, 6.45) is 2.96. The fraction of sp³-hybridized carbons (Fsp3) is 0.182. The van der Waals surface area contributed by atoms with Gasteiger partial charge in [0.25, 0.3) is 0 Å². The normalized spacial score (nSPS) is 10.4. The largest absolute Gasteiger partial charge is 0.489 e. The minimum Gasteiger partial charge on any atom is -0.489 e. The first-order valence-electron chi connectivity index (χ1n) is 9.12. The molecule has 5 nitrogen and oxygen atoms in total. The van der Waals surface area contributed by atoms with E-state index in [9.17, 15) is 4.79 Å². The van der Waals surface area contributed by atoms with Gasteiger partial charge in [0.15, 0.2) is 0 Å². The first-order valence-corrected chi connectivity index (χ1v) is 9.50. The average molecular weight is 396 g/mol. The molecule has 0 aliphatic carbocycles. The number of nitrogens with one attached hydrogen (secondary N) is 2. The fourth-order valence-electron chi connectivity index (χ4n) is 2.52. The molecule has 1 amide bonds. The van der Waals surface area contributed by atoms with Crippen molar-refractivity contribution in [2.45, 2.75) is 26.4 Å². The van der Waals surface area contributed by atoms with Gasteiger partial charge >= 0.3 is 0 Å². The Morgan fingerprint density at radius 2 is 1.71 bits per heavy atom. The maximum atomic E-state index is 11.6. The van der Waals surface area contributed by atoms with Crippen molar-refractivity contribution in [1.82, 2.24) is 4.98 Å². The summed E-state index contributed by atoms with van der Waals surface area (Å²) < 4.78 is 5.78. The molecule has 1 aromatic heterocycles. The zero-order chi connectivity index (χ0) is 19.8. The second-order valence-corrected chi connectivity index (χ2v) is 6.73. The number of rotatable bonds is 8. The lowest BCUT2D eigenvalue weighted by atomic mass is 10.2. The lowest BCUT2D eigenvalue weighted by Crippen LogP contribution is -2.10. The number of halogens is 1. The van der Waals surface area contributed by atoms with Crippen molar-refractivity contribution in [3.63, 3.8) is 0 Å². The van der Waals surface area contributed by atoms with Gasteiger partial charge in [-0.1, -0.05) is 30.7 Å². The smallest absolute Gasteiger partial charge is 0.224 e. The predicted octanol–water partition coefficient (Wildman–Crippen LogP) is 5.80. The Balaban J connectivity index is 1.52. The first kappa shape index (κ1) is 19.7. The average Bonchev–Trinajstić information content (AvgIpc) is 2.70. The van der Waals surface area contributed by atoms with E-state index in [-0.39, 0.29) is 5.91 Å². The molecule has 0 spiro atoms. The van der Waals surface area contributed by atoms with Crippen molar-refractivity contribution in [2.75, 3.05) is 10.6 Å². The van der Waals surface area contributed by atoms with Gasteiger partial charge in [-0.2, -0.15) is 0 Å². The summed E-state index contributed by atoms with van der Waals surface area (Å²) in [6, 6.07) is 18.9. The molecule has 0 radical (unpaired) electrons. The summed E-state index contributed by atoms with van der Waals surface area (Å²) in [5.41, 5.74) is 2.64. The van der Waals surface area contributed by atoms with Gasteiger partial charge in [0.1, 0.15) is 18.2 Å². The van der Waals surface area contributed by atoms with Gasteiger partial charge in [-0.3, -0.25) is 4.79 Å². The van der Waals surface area contributed by atoms with Crippen molar-refractivity contribution in [3.05, 3.63) is 77.4 Å². The summed E-state index contributed by atoms with van der Waals surface area (Å²) in [5, 5.41) is 6.75. The number of hydrogen-bond acceptors (Lipinski definition) is 4. The summed E-state index contributed by atoms with van der Waals surface area (Å²) in [5.74, 6) is 1.48. The van der Waals surface area contributed by atoms with Crippen LogP contribution in [0.3, 0.4) is 0 Å². The van der Waals surface area contributed by atoms with Crippen LogP contribution in [0.2, 0.25) is 5.02 Å². The van der Waals surface area contributed by atoms with Crippen LogP contribution in [0.15, 0.2) is 66.9 Å². The molecule has 0 unspecified atom stereocenters. The maximum Gasteiger partial charge on any atom is 0.224 e. The van der Waals surface area contributed by atoms with E-state index in [2.05, 4.69) is 15.6 Å². The Labute approximate surface area is 169 Å². The van der Waals surface area contributed by atoms with Crippen molar-refractivity contribution in [2.24, 2.45) is 0 Å². The van der Waals surface area contributed by atoms with Crippen molar-refractivity contribution >= 4 is 34.7 Å². The van der Waals surface area contributed by atoms with Crippen LogP contribution in [0.1, 0.15) is 25.3 Å². The predicted molar refractivity (Wildman–Crippen MR) is 113 cm³/mol. The van der Waals surface area contributed by atoms with E-state index in [0.29, 0.717) is 29.6 Å². The molecule has 144 valence electrons. The van der Waals surface area contributed by atoms with Gasteiger partial charge in [0.2, 0.25) is 5.91 Å². The molecule has 1 heterocycles. The third kappa shape index (κ3) is 5.99. The monoisotopic (exact) mass is 395 g/mol. The van der Waals surface area contributed by atoms with Crippen LogP contribution in [-0.2, 0) is 11.4 Å². The van der Waals surface area contributed by atoms with Gasteiger partial charge in [-0.15, -0.1) is 0 Å². The van der Waals surface area contributed by atoms with E-state index in [1.54, 1.807) is 6.20 Å². The van der Waals surface area contributed by atoms with Crippen LogP contribution in [0, 0.1) is 0 Å². The number of amides is 1. The van der Waals surface area contributed by atoms with E-state index < -0.39 is 0 Å². The first-order chi connectivity index (χ1) is 13.6. The minimum atomic E-state index is -0.000742. The van der Waals surface area contributed by atoms with Crippen LogP contribution >= 0.6 is 11.6 Å². The van der Waals surface area contributed by atoms with Gasteiger partial charge < -0.3 is 15.4 Å². The number of carbonyl (C=O) groups excluding carboxylic acids is 1. The third-order valence-corrected chi connectivity index (χ3v) is 4.22. The number of benzene rings is 2. The lowest BCUT2D eigenvalue weighted by molar-refractivity contribution is -0.116. The van der Waals surface area contributed by atoms with Crippen LogP contribution in [0.5, 0.6) is 5.75 Å². The maximum absolute atomic E-state index is 11.6. The molecule has 0 fully saturated rings. The Hall–Kier alpha value is -3.05. The van der Waals surface area contributed by atoms with Crippen molar-refractivity contribution in [3.8, 4) is 5.75 Å². The van der Waals surface area contributed by atoms with E-state index in [1.165, 1.54) is 0 Å². The summed E-state index contributed by atoms with van der Waals surface area (Å²) in [7, 11) is 0. The molecule has 0 atom stereocenters. The Morgan fingerprint density at radius 3 is 2.36 bits per heavy atom. The van der Waals surface area contributed by atoms with E-state index in [1.807, 2.05) is 67.6 Å². The molecule has 2 N–H and O–H groups in total. The molecule has 0 aliphatic rings. The highest BCUT2D eigenvalue weighted by Gasteiger charge is 2.02. The number of hydrogen-bond donors (Lipinski definition) is 2. The van der Waals surface area contributed by atoms with Crippen LogP contribution < -0.4 is 15.4 Å². The second-order valence-electron chi connectivity index (χ2n) is 6.29. The molecule has 2 aromatic carbocycles. The molecule has 6 heteroatoms. The van der Waals surface area contributed by atoms with Crippen LogP contribution in [0.4, 0.5) is 17.2 Å². The number of aromatic nitrogens is 1. The Bertz CT molecular complexity index is 895. The summed E-state index contributed by atoms with van der Waals surface area (Å²) in [6.45, 7) is 2.45. The lowest BCUT2D eigenvalue weighted by Gasteiger charge is -2.10. The number of pyridine rings is 1. The molecule has 0 saturated carbocycles. The fourth-order valence-corrected chi connectivity index (χ4v) is 2.65. The van der Waals surface area contributed by atoms with E-state index >= 15 is 0 Å². The highest BCUT2D eigenvalue weighted by molar-refractivity contribution is 6.30. The zero-order valence-electron chi connectivity index (χ0n) is 15.6. The van der Waals surface area contributed by atoms with E-state index in [4.69, 9.17) is 16.3 Å². The Kier molecular flexibility index (Phi) is 6.87. The molecule has 0 bridgehead atoms. The standard InChI is InChI=1S/C22H22ClN3O2/c1-2-3-22(27)26-19-10-13-21(24-14-19)25-18-8-11-20(12-9-18)28-15-16-4-6-17(23)7-5-16/h4-14H,2-3,15H2,1H3,(H,24,25)(H,26,27). The summed E-state index contributed by atoms with van der Waals surface area (Å²) >= 11 is 5.88. The second kappa shape index (κ2) is 9.76. The SMILES string of the molecule is CCCC(=O)Nc1ccc(Nc2ccc(OCc3ccc(Cl)cc3)cc2)nc1. The van der Waals surface area contributed by atoms with Crippen LogP contribution in [-0.4, -0.2) is 10.9 Å². The summed E-state index contributed by atoms with van der Waals surface area (Å²) in [4.78, 5) is 15.9. The quantitative estimate of drug-likeness (QED) is 0.506. The molecule has 3 rings (SSSR count). The molecule has 3 aromatic rings. The number of anilines is 3. The van der Waals surface area contributed by atoms with Gasteiger partial charge in [0, 0.05) is 17.1 Å². The highest BCUT2D eigenvalue weighted by atomic mass is 35.5. The Morgan fingerprint density at radius 1 is 1.00 bits per heavy atom. The third-order valence-electron chi connectivity index (χ3n) is 3.97. The minimum absolute atomic E-state index is 0.000742. The molecular formula is C22H22ClN3O2. The number of ether oxygens (including phenoxy) is 1. The molecular weight excluding hydrogens is 374 g/mol.